The van der Waals surface area contributed by atoms with Gasteiger partial charge in [0.1, 0.15) is 5.82 Å². The normalized spacial score (nSPS) is 21.3. The fraction of sp³-hybridized carbons (Fsp3) is 0.600. The third-order valence-electron chi connectivity index (χ3n) is 2.61. The van der Waals surface area contributed by atoms with Crippen LogP contribution in [0, 0.1) is 5.92 Å². The molecule has 0 aliphatic carbocycles. The fourth-order valence-electron chi connectivity index (χ4n) is 1.79. The Morgan fingerprint density at radius 2 is 2.43 bits per heavy atom. The minimum absolute atomic E-state index is 0.696. The zero-order valence-electron chi connectivity index (χ0n) is 8.70. The molecular formula is C10H16N4. The van der Waals surface area contributed by atoms with Crippen LogP contribution in [0.15, 0.2) is 12.3 Å². The quantitative estimate of drug-likeness (QED) is 0.768. The van der Waals surface area contributed by atoms with Crippen LogP contribution in [-0.2, 0) is 0 Å². The van der Waals surface area contributed by atoms with Gasteiger partial charge in [-0.1, -0.05) is 6.92 Å². The van der Waals surface area contributed by atoms with Crippen molar-refractivity contribution in [2.75, 3.05) is 30.4 Å². The molecule has 1 fully saturated rings. The molecule has 1 aromatic heterocycles. The molecule has 1 N–H and O–H groups in total. The van der Waals surface area contributed by atoms with E-state index in [0.717, 1.165) is 24.8 Å². The SMILES string of the molecule is CNc1nccc(N2CC[C@H](C)C2)n1. The molecule has 4 heteroatoms. The van der Waals surface area contributed by atoms with Crippen LogP contribution in [0.25, 0.3) is 0 Å². The average molecular weight is 192 g/mol. The van der Waals surface area contributed by atoms with Crippen molar-refractivity contribution in [3.63, 3.8) is 0 Å². The standard InChI is InChI=1S/C10H16N4/c1-8-4-6-14(7-8)9-3-5-12-10(11-2)13-9/h3,5,8H,4,6-7H2,1-2H3,(H,11,12,13)/t8-/m0/s1. The van der Waals surface area contributed by atoms with Gasteiger partial charge in [0.05, 0.1) is 0 Å². The number of nitrogens with zero attached hydrogens (tertiary/aromatic N) is 3. The first-order valence-electron chi connectivity index (χ1n) is 5.05. The van der Waals surface area contributed by atoms with Gasteiger partial charge in [0.15, 0.2) is 0 Å². The Bertz CT molecular complexity index is 313. The first kappa shape index (κ1) is 9.24. The van der Waals surface area contributed by atoms with E-state index >= 15 is 0 Å². The summed E-state index contributed by atoms with van der Waals surface area (Å²) in [5.41, 5.74) is 0. The Kier molecular flexibility index (Phi) is 2.52. The molecule has 1 aliphatic heterocycles. The molecule has 4 nitrogen and oxygen atoms in total. The highest BCUT2D eigenvalue weighted by Crippen LogP contribution is 2.21. The third kappa shape index (κ3) is 1.78. The van der Waals surface area contributed by atoms with Gasteiger partial charge in [-0.15, -0.1) is 0 Å². The number of anilines is 2. The smallest absolute Gasteiger partial charge is 0.224 e. The summed E-state index contributed by atoms with van der Waals surface area (Å²) in [5.74, 6) is 2.51. The van der Waals surface area contributed by atoms with Gasteiger partial charge >= 0.3 is 0 Å². The van der Waals surface area contributed by atoms with Gasteiger partial charge in [-0.05, 0) is 18.4 Å². The second-order valence-electron chi connectivity index (χ2n) is 3.83. The molecule has 1 aromatic rings. The van der Waals surface area contributed by atoms with Gasteiger partial charge in [-0.2, -0.15) is 4.98 Å². The van der Waals surface area contributed by atoms with Crippen LogP contribution in [0.3, 0.4) is 0 Å². The molecule has 76 valence electrons. The van der Waals surface area contributed by atoms with Gasteiger partial charge in [-0.25, -0.2) is 4.98 Å². The zero-order chi connectivity index (χ0) is 9.97. The van der Waals surface area contributed by atoms with E-state index in [9.17, 15) is 0 Å². The Morgan fingerprint density at radius 1 is 1.57 bits per heavy atom. The lowest BCUT2D eigenvalue weighted by molar-refractivity contribution is 0.659. The van der Waals surface area contributed by atoms with Crippen molar-refractivity contribution >= 4 is 11.8 Å². The molecule has 0 radical (unpaired) electrons. The molecule has 1 saturated heterocycles. The largest absolute Gasteiger partial charge is 0.357 e. The predicted molar refractivity (Wildman–Crippen MR) is 57.6 cm³/mol. The maximum absolute atomic E-state index is 4.41. The Morgan fingerprint density at radius 3 is 3.07 bits per heavy atom. The molecule has 0 unspecified atom stereocenters. The van der Waals surface area contributed by atoms with Crippen molar-refractivity contribution in [1.82, 2.24) is 9.97 Å². The second kappa shape index (κ2) is 3.82. The summed E-state index contributed by atoms with van der Waals surface area (Å²) in [6, 6.07) is 1.97. The van der Waals surface area contributed by atoms with Crippen LogP contribution in [0.4, 0.5) is 11.8 Å². The minimum Gasteiger partial charge on any atom is -0.357 e. The third-order valence-corrected chi connectivity index (χ3v) is 2.61. The van der Waals surface area contributed by atoms with Gasteiger partial charge in [0.2, 0.25) is 5.95 Å². The maximum Gasteiger partial charge on any atom is 0.224 e. The lowest BCUT2D eigenvalue weighted by Gasteiger charge is -2.16. The van der Waals surface area contributed by atoms with E-state index in [1.807, 2.05) is 13.1 Å². The molecular weight excluding hydrogens is 176 g/mol. The molecule has 1 aliphatic rings. The average Bonchev–Trinajstić information content (AvgIpc) is 2.65. The van der Waals surface area contributed by atoms with Crippen LogP contribution in [0.2, 0.25) is 0 Å². The summed E-state index contributed by atoms with van der Waals surface area (Å²) >= 11 is 0. The van der Waals surface area contributed by atoms with Crippen molar-refractivity contribution in [3.8, 4) is 0 Å². The van der Waals surface area contributed by atoms with E-state index in [-0.39, 0.29) is 0 Å². The first-order valence-corrected chi connectivity index (χ1v) is 5.05. The van der Waals surface area contributed by atoms with Crippen LogP contribution >= 0.6 is 0 Å². The van der Waals surface area contributed by atoms with E-state index in [4.69, 9.17) is 0 Å². The van der Waals surface area contributed by atoms with E-state index < -0.39 is 0 Å². The van der Waals surface area contributed by atoms with Gasteiger partial charge in [0.25, 0.3) is 0 Å². The Hall–Kier alpha value is -1.32. The highest BCUT2D eigenvalue weighted by atomic mass is 15.2. The van der Waals surface area contributed by atoms with Crippen molar-refractivity contribution in [2.45, 2.75) is 13.3 Å². The topological polar surface area (TPSA) is 41.1 Å². The highest BCUT2D eigenvalue weighted by Gasteiger charge is 2.19. The molecule has 0 saturated carbocycles. The summed E-state index contributed by atoms with van der Waals surface area (Å²) in [7, 11) is 1.84. The van der Waals surface area contributed by atoms with Gasteiger partial charge in [0, 0.05) is 26.3 Å². The van der Waals surface area contributed by atoms with E-state index in [2.05, 4.69) is 27.1 Å². The number of aromatic nitrogens is 2. The Labute approximate surface area is 84.4 Å². The minimum atomic E-state index is 0.696. The van der Waals surface area contributed by atoms with Crippen LogP contribution in [0.1, 0.15) is 13.3 Å². The first-order chi connectivity index (χ1) is 6.79. The van der Waals surface area contributed by atoms with Crippen molar-refractivity contribution < 1.29 is 0 Å². The van der Waals surface area contributed by atoms with Gasteiger partial charge < -0.3 is 10.2 Å². The molecule has 0 spiro atoms. The van der Waals surface area contributed by atoms with E-state index in [1.165, 1.54) is 6.42 Å². The predicted octanol–water partition coefficient (Wildman–Crippen LogP) is 1.36. The van der Waals surface area contributed by atoms with E-state index in [0.29, 0.717) is 5.95 Å². The van der Waals surface area contributed by atoms with E-state index in [1.54, 1.807) is 6.20 Å². The molecule has 14 heavy (non-hydrogen) atoms. The number of hydrogen-bond donors (Lipinski definition) is 1. The van der Waals surface area contributed by atoms with Gasteiger partial charge in [-0.3, -0.25) is 0 Å². The Balaban J connectivity index is 2.15. The molecule has 1 atom stereocenters. The summed E-state index contributed by atoms with van der Waals surface area (Å²) in [5, 5.41) is 2.95. The lowest BCUT2D eigenvalue weighted by Crippen LogP contribution is -2.20. The number of hydrogen-bond acceptors (Lipinski definition) is 4. The monoisotopic (exact) mass is 192 g/mol. The number of rotatable bonds is 2. The van der Waals surface area contributed by atoms with Crippen LogP contribution in [0.5, 0.6) is 0 Å². The van der Waals surface area contributed by atoms with Crippen LogP contribution < -0.4 is 10.2 Å². The maximum atomic E-state index is 4.41. The molecule has 0 bridgehead atoms. The highest BCUT2D eigenvalue weighted by molar-refractivity contribution is 5.43. The summed E-state index contributed by atoms with van der Waals surface area (Å²) in [6.45, 7) is 4.50. The summed E-state index contributed by atoms with van der Waals surface area (Å²) in [6.07, 6.45) is 3.07. The molecule has 0 aromatic carbocycles. The fourth-order valence-corrected chi connectivity index (χ4v) is 1.79. The summed E-state index contributed by atoms with van der Waals surface area (Å²) < 4.78 is 0. The second-order valence-corrected chi connectivity index (χ2v) is 3.83. The number of nitrogens with one attached hydrogen (secondary N) is 1. The summed E-state index contributed by atoms with van der Waals surface area (Å²) in [4.78, 5) is 10.8. The van der Waals surface area contributed by atoms with Crippen LogP contribution in [-0.4, -0.2) is 30.1 Å². The molecule has 2 rings (SSSR count). The van der Waals surface area contributed by atoms with Crippen molar-refractivity contribution in [2.24, 2.45) is 5.92 Å². The molecule has 0 amide bonds. The lowest BCUT2D eigenvalue weighted by atomic mass is 10.2. The molecule has 2 heterocycles. The van der Waals surface area contributed by atoms with Crippen molar-refractivity contribution in [1.29, 1.82) is 0 Å². The van der Waals surface area contributed by atoms with Crippen molar-refractivity contribution in [3.05, 3.63) is 12.3 Å². The zero-order valence-corrected chi connectivity index (χ0v) is 8.70.